The molecule has 0 aliphatic carbocycles. The highest BCUT2D eigenvalue weighted by Gasteiger charge is 2.35. The number of halogens is 1. The molecule has 0 atom stereocenters. The van der Waals surface area contributed by atoms with E-state index in [0.717, 1.165) is 11.0 Å². The predicted octanol–water partition coefficient (Wildman–Crippen LogP) is 2.33. The zero-order chi connectivity index (χ0) is 14.3. The molecule has 20 heavy (non-hydrogen) atoms. The summed E-state index contributed by atoms with van der Waals surface area (Å²) < 4.78 is 13.7. The first kappa shape index (κ1) is 12.3. The number of aromatic hydroxyl groups is 1. The molecule has 4 nitrogen and oxygen atoms in total. The molecule has 0 bridgehead atoms. The molecule has 0 saturated heterocycles. The number of phenolic OH excluding ortho intramolecular Hbond substituents is 1. The Hall–Kier alpha value is -2.69. The predicted molar refractivity (Wildman–Crippen MR) is 68.7 cm³/mol. The van der Waals surface area contributed by atoms with Gasteiger partial charge in [-0.25, -0.2) is 4.39 Å². The van der Waals surface area contributed by atoms with Gasteiger partial charge in [-0.1, -0.05) is 18.2 Å². The van der Waals surface area contributed by atoms with Gasteiger partial charge in [0.25, 0.3) is 11.8 Å². The topological polar surface area (TPSA) is 57.6 Å². The quantitative estimate of drug-likeness (QED) is 0.853. The van der Waals surface area contributed by atoms with E-state index in [0.29, 0.717) is 11.1 Å². The van der Waals surface area contributed by atoms with Gasteiger partial charge in [-0.05, 0) is 18.2 Å². The number of carbonyl (C=O) groups excluding carboxylic acids is 2. The van der Waals surface area contributed by atoms with E-state index in [1.807, 2.05) is 0 Å². The fourth-order valence-electron chi connectivity index (χ4n) is 2.22. The Morgan fingerprint density at radius 2 is 1.60 bits per heavy atom. The number of rotatable bonds is 2. The zero-order valence-corrected chi connectivity index (χ0v) is 10.3. The van der Waals surface area contributed by atoms with Crippen molar-refractivity contribution in [1.82, 2.24) is 4.90 Å². The number of benzene rings is 2. The maximum Gasteiger partial charge on any atom is 0.261 e. The van der Waals surface area contributed by atoms with Crippen LogP contribution in [-0.4, -0.2) is 21.8 Å². The zero-order valence-electron chi connectivity index (χ0n) is 10.3. The fraction of sp³-hybridized carbons (Fsp3) is 0.0667. The summed E-state index contributed by atoms with van der Waals surface area (Å²) in [5.41, 5.74) is 0.839. The molecular formula is C15H10FNO3. The summed E-state index contributed by atoms with van der Waals surface area (Å²) in [5.74, 6) is -1.72. The molecule has 0 radical (unpaired) electrons. The Labute approximate surface area is 114 Å². The highest BCUT2D eigenvalue weighted by molar-refractivity contribution is 6.21. The molecule has 2 amide bonds. The van der Waals surface area contributed by atoms with Crippen molar-refractivity contribution in [1.29, 1.82) is 0 Å². The second-order valence-corrected chi connectivity index (χ2v) is 4.52. The van der Waals surface area contributed by atoms with Crippen LogP contribution in [-0.2, 0) is 6.54 Å². The minimum absolute atomic E-state index is 0.154. The van der Waals surface area contributed by atoms with Gasteiger partial charge in [0, 0.05) is 11.6 Å². The van der Waals surface area contributed by atoms with Crippen molar-refractivity contribution >= 4 is 11.8 Å². The van der Waals surface area contributed by atoms with Crippen molar-refractivity contribution in [2.45, 2.75) is 6.54 Å². The molecule has 1 aliphatic rings. The van der Waals surface area contributed by atoms with Crippen molar-refractivity contribution in [2.24, 2.45) is 0 Å². The number of fused-ring (bicyclic) bond motifs is 1. The van der Waals surface area contributed by atoms with Crippen molar-refractivity contribution in [3.63, 3.8) is 0 Å². The number of nitrogens with zero attached hydrogens (tertiary/aromatic N) is 1. The van der Waals surface area contributed by atoms with Crippen molar-refractivity contribution < 1.29 is 19.1 Å². The van der Waals surface area contributed by atoms with E-state index in [2.05, 4.69) is 0 Å². The van der Waals surface area contributed by atoms with Gasteiger partial charge in [-0.15, -0.1) is 0 Å². The number of phenols is 1. The van der Waals surface area contributed by atoms with E-state index in [1.165, 1.54) is 12.1 Å². The highest BCUT2D eigenvalue weighted by atomic mass is 19.1. The molecule has 5 heteroatoms. The smallest absolute Gasteiger partial charge is 0.261 e. The Bertz CT molecular complexity index is 692. The van der Waals surface area contributed by atoms with Gasteiger partial charge in [-0.3, -0.25) is 14.5 Å². The molecule has 2 aromatic rings. The third-order valence-corrected chi connectivity index (χ3v) is 3.24. The summed E-state index contributed by atoms with van der Waals surface area (Å²) in [7, 11) is 0. The monoisotopic (exact) mass is 271 g/mol. The van der Waals surface area contributed by atoms with Gasteiger partial charge in [0.05, 0.1) is 17.7 Å². The first-order valence-corrected chi connectivity index (χ1v) is 6.00. The van der Waals surface area contributed by atoms with Crippen LogP contribution >= 0.6 is 0 Å². The van der Waals surface area contributed by atoms with Crippen LogP contribution in [0.2, 0.25) is 0 Å². The van der Waals surface area contributed by atoms with Crippen molar-refractivity contribution in [2.75, 3.05) is 0 Å². The first-order valence-electron chi connectivity index (χ1n) is 6.00. The van der Waals surface area contributed by atoms with Gasteiger partial charge < -0.3 is 5.11 Å². The molecule has 1 heterocycles. The van der Waals surface area contributed by atoms with E-state index in [-0.39, 0.29) is 17.9 Å². The molecular weight excluding hydrogens is 261 g/mol. The average molecular weight is 271 g/mol. The van der Waals surface area contributed by atoms with E-state index < -0.39 is 17.6 Å². The molecule has 0 aromatic heterocycles. The number of hydrogen-bond donors (Lipinski definition) is 1. The van der Waals surface area contributed by atoms with Crippen molar-refractivity contribution in [3.05, 3.63) is 65.0 Å². The summed E-state index contributed by atoms with van der Waals surface area (Å²) >= 11 is 0. The lowest BCUT2D eigenvalue weighted by molar-refractivity contribution is 0.0641. The van der Waals surface area contributed by atoms with Crippen molar-refractivity contribution in [3.8, 4) is 5.75 Å². The minimum atomic E-state index is -0.651. The largest absolute Gasteiger partial charge is 0.508 e. The minimum Gasteiger partial charge on any atom is -0.508 e. The van der Waals surface area contributed by atoms with Gasteiger partial charge in [-0.2, -0.15) is 0 Å². The third kappa shape index (κ3) is 1.84. The van der Waals surface area contributed by atoms with E-state index in [1.54, 1.807) is 24.3 Å². The lowest BCUT2D eigenvalue weighted by Crippen LogP contribution is -2.29. The normalized spacial score (nSPS) is 13.8. The van der Waals surface area contributed by atoms with Crippen LogP contribution in [0.1, 0.15) is 26.3 Å². The van der Waals surface area contributed by atoms with E-state index in [9.17, 15) is 14.0 Å². The Morgan fingerprint density at radius 3 is 2.15 bits per heavy atom. The molecule has 1 aliphatic heterocycles. The van der Waals surface area contributed by atoms with Gasteiger partial charge in [0.15, 0.2) is 0 Å². The lowest BCUT2D eigenvalue weighted by atomic mass is 10.1. The second-order valence-electron chi connectivity index (χ2n) is 4.52. The summed E-state index contributed by atoms with van der Waals surface area (Å²) in [6.45, 7) is -0.154. The van der Waals surface area contributed by atoms with Crippen LogP contribution in [0.3, 0.4) is 0 Å². The van der Waals surface area contributed by atoms with E-state index in [4.69, 9.17) is 5.11 Å². The summed E-state index contributed by atoms with van der Waals surface area (Å²) in [6, 6.07) is 10.1. The van der Waals surface area contributed by atoms with Crippen LogP contribution in [0, 0.1) is 5.82 Å². The van der Waals surface area contributed by atoms with Crippen LogP contribution < -0.4 is 0 Å². The van der Waals surface area contributed by atoms with Crippen LogP contribution in [0.15, 0.2) is 42.5 Å². The summed E-state index contributed by atoms with van der Waals surface area (Å²) in [5, 5.41) is 9.16. The highest BCUT2D eigenvalue weighted by Crippen LogP contribution is 2.25. The second kappa shape index (κ2) is 4.45. The average Bonchev–Trinajstić information content (AvgIpc) is 2.67. The summed E-state index contributed by atoms with van der Waals surface area (Å²) in [6.07, 6.45) is 0. The Morgan fingerprint density at radius 1 is 1.00 bits per heavy atom. The molecule has 2 aromatic carbocycles. The standard InChI is InChI=1S/C15H10FNO3/c16-13-7-10(18)6-5-9(13)8-17-14(19)11-3-1-2-4-12(11)15(17)20/h1-7,18H,8H2. The molecule has 100 valence electrons. The molecule has 0 unspecified atom stereocenters. The van der Waals surface area contributed by atoms with Crippen LogP contribution in [0.25, 0.3) is 0 Å². The van der Waals surface area contributed by atoms with Gasteiger partial charge in [0.1, 0.15) is 11.6 Å². The van der Waals surface area contributed by atoms with Crippen LogP contribution in [0.5, 0.6) is 5.75 Å². The Balaban J connectivity index is 1.94. The number of hydrogen-bond acceptors (Lipinski definition) is 3. The first-order chi connectivity index (χ1) is 9.58. The SMILES string of the molecule is O=C1c2ccccc2C(=O)N1Cc1ccc(O)cc1F. The maximum atomic E-state index is 13.7. The molecule has 3 rings (SSSR count). The number of amides is 2. The number of imide groups is 1. The van der Waals surface area contributed by atoms with E-state index >= 15 is 0 Å². The molecule has 1 N–H and O–H groups in total. The van der Waals surface area contributed by atoms with Gasteiger partial charge >= 0.3 is 0 Å². The van der Waals surface area contributed by atoms with Crippen LogP contribution in [0.4, 0.5) is 4.39 Å². The molecule has 0 spiro atoms. The maximum absolute atomic E-state index is 13.7. The third-order valence-electron chi connectivity index (χ3n) is 3.24. The molecule has 0 saturated carbocycles. The Kier molecular flexibility index (Phi) is 2.75. The molecule has 0 fully saturated rings. The lowest BCUT2D eigenvalue weighted by Gasteiger charge is -2.14. The summed E-state index contributed by atoms with van der Waals surface area (Å²) in [4.78, 5) is 25.2. The fourth-order valence-corrected chi connectivity index (χ4v) is 2.22. The van der Waals surface area contributed by atoms with Gasteiger partial charge in [0.2, 0.25) is 0 Å². The number of carbonyl (C=O) groups is 2.